The van der Waals surface area contributed by atoms with Crippen molar-refractivity contribution < 1.29 is 9.47 Å². The SMILES string of the molecule is COc1ccc(Oc2ccc(CCl)cc2C#N)c(Br)c1. The van der Waals surface area contributed by atoms with E-state index >= 15 is 0 Å². The molecule has 0 aliphatic heterocycles. The standard InChI is InChI=1S/C15H11BrClNO2/c1-19-12-3-5-15(13(16)7-12)20-14-4-2-10(8-17)6-11(14)9-18/h2-7H,8H2,1H3. The van der Waals surface area contributed by atoms with Crippen molar-refractivity contribution in [3.05, 3.63) is 52.0 Å². The van der Waals surface area contributed by atoms with E-state index in [4.69, 9.17) is 26.3 Å². The van der Waals surface area contributed by atoms with Gasteiger partial charge in [-0.15, -0.1) is 11.6 Å². The van der Waals surface area contributed by atoms with Gasteiger partial charge in [0, 0.05) is 5.88 Å². The Bertz CT molecular complexity index is 667. The number of hydrogen-bond donors (Lipinski definition) is 0. The van der Waals surface area contributed by atoms with Crippen LogP contribution < -0.4 is 9.47 Å². The van der Waals surface area contributed by atoms with E-state index < -0.39 is 0 Å². The van der Waals surface area contributed by atoms with E-state index in [1.54, 1.807) is 37.4 Å². The van der Waals surface area contributed by atoms with Gasteiger partial charge in [-0.3, -0.25) is 0 Å². The quantitative estimate of drug-likeness (QED) is 0.738. The summed E-state index contributed by atoms with van der Waals surface area (Å²) in [5.41, 5.74) is 1.33. The lowest BCUT2D eigenvalue weighted by molar-refractivity contribution is 0.412. The monoisotopic (exact) mass is 351 g/mol. The molecule has 0 amide bonds. The fourth-order valence-electron chi connectivity index (χ4n) is 1.65. The highest BCUT2D eigenvalue weighted by atomic mass is 79.9. The van der Waals surface area contributed by atoms with Crippen LogP contribution in [0.5, 0.6) is 17.2 Å². The van der Waals surface area contributed by atoms with E-state index in [-0.39, 0.29) is 0 Å². The predicted octanol–water partition coefficient (Wildman–Crippen LogP) is 4.86. The van der Waals surface area contributed by atoms with E-state index in [2.05, 4.69) is 22.0 Å². The van der Waals surface area contributed by atoms with E-state index in [1.807, 2.05) is 6.07 Å². The molecule has 2 rings (SSSR count). The Morgan fingerprint density at radius 3 is 2.55 bits per heavy atom. The lowest BCUT2D eigenvalue weighted by Gasteiger charge is -2.11. The average Bonchev–Trinajstić information content (AvgIpc) is 2.49. The summed E-state index contributed by atoms with van der Waals surface area (Å²) in [5.74, 6) is 2.19. The van der Waals surface area contributed by atoms with E-state index in [0.29, 0.717) is 22.9 Å². The summed E-state index contributed by atoms with van der Waals surface area (Å²) in [5, 5.41) is 9.16. The summed E-state index contributed by atoms with van der Waals surface area (Å²) in [4.78, 5) is 0. The largest absolute Gasteiger partial charge is 0.497 e. The predicted molar refractivity (Wildman–Crippen MR) is 81.5 cm³/mol. The molecule has 3 nitrogen and oxygen atoms in total. The molecule has 0 bridgehead atoms. The minimum atomic E-state index is 0.362. The van der Waals surface area contributed by atoms with Crippen LogP contribution in [0.1, 0.15) is 11.1 Å². The number of nitrogens with zero attached hydrogens (tertiary/aromatic N) is 1. The molecule has 0 atom stereocenters. The number of methoxy groups -OCH3 is 1. The van der Waals surface area contributed by atoms with Crippen LogP contribution in [0.2, 0.25) is 0 Å². The van der Waals surface area contributed by atoms with Crippen molar-refractivity contribution in [3.8, 4) is 23.3 Å². The lowest BCUT2D eigenvalue weighted by Crippen LogP contribution is -1.91. The van der Waals surface area contributed by atoms with Crippen molar-refractivity contribution in [2.45, 2.75) is 5.88 Å². The van der Waals surface area contributed by atoms with Crippen molar-refractivity contribution >= 4 is 27.5 Å². The number of nitriles is 1. The molecule has 0 spiro atoms. The van der Waals surface area contributed by atoms with Crippen LogP contribution in [0.3, 0.4) is 0 Å². The fourth-order valence-corrected chi connectivity index (χ4v) is 2.25. The van der Waals surface area contributed by atoms with Crippen molar-refractivity contribution in [2.24, 2.45) is 0 Å². The number of halogens is 2. The van der Waals surface area contributed by atoms with Gasteiger partial charge in [0.1, 0.15) is 23.3 Å². The molecule has 102 valence electrons. The zero-order valence-corrected chi connectivity index (χ0v) is 13.0. The van der Waals surface area contributed by atoms with Gasteiger partial charge in [-0.05, 0) is 51.8 Å². The van der Waals surface area contributed by atoms with Crippen LogP contribution in [-0.4, -0.2) is 7.11 Å². The molecule has 0 fully saturated rings. The maximum Gasteiger partial charge on any atom is 0.145 e. The van der Waals surface area contributed by atoms with Crippen LogP contribution >= 0.6 is 27.5 Å². The first-order valence-corrected chi connectivity index (χ1v) is 7.11. The molecular weight excluding hydrogens is 342 g/mol. The molecule has 0 radical (unpaired) electrons. The molecule has 20 heavy (non-hydrogen) atoms. The third kappa shape index (κ3) is 3.24. The number of ether oxygens (including phenoxy) is 2. The van der Waals surface area contributed by atoms with Crippen LogP contribution in [0.4, 0.5) is 0 Å². The van der Waals surface area contributed by atoms with Gasteiger partial charge in [-0.25, -0.2) is 0 Å². The smallest absolute Gasteiger partial charge is 0.145 e. The van der Waals surface area contributed by atoms with Crippen molar-refractivity contribution in [1.82, 2.24) is 0 Å². The normalized spacial score (nSPS) is 9.90. The second-order valence-electron chi connectivity index (χ2n) is 3.97. The zero-order valence-electron chi connectivity index (χ0n) is 10.7. The second-order valence-corrected chi connectivity index (χ2v) is 5.10. The Kier molecular flexibility index (Phi) is 4.89. The van der Waals surface area contributed by atoms with Gasteiger partial charge in [0.15, 0.2) is 0 Å². The summed E-state index contributed by atoms with van der Waals surface area (Å²) >= 11 is 9.17. The minimum absolute atomic E-state index is 0.362. The molecule has 0 N–H and O–H groups in total. The topological polar surface area (TPSA) is 42.2 Å². The van der Waals surface area contributed by atoms with Gasteiger partial charge in [0.05, 0.1) is 17.1 Å². The Hall–Kier alpha value is -1.70. The van der Waals surface area contributed by atoms with Crippen molar-refractivity contribution in [3.63, 3.8) is 0 Å². The molecule has 0 aliphatic rings. The molecule has 2 aromatic rings. The number of alkyl halides is 1. The number of benzene rings is 2. The van der Waals surface area contributed by atoms with Crippen LogP contribution in [-0.2, 0) is 5.88 Å². The number of hydrogen-bond acceptors (Lipinski definition) is 3. The van der Waals surface area contributed by atoms with E-state index in [9.17, 15) is 0 Å². The van der Waals surface area contributed by atoms with Crippen molar-refractivity contribution in [2.75, 3.05) is 7.11 Å². The summed E-state index contributed by atoms with van der Waals surface area (Å²) in [7, 11) is 1.60. The highest BCUT2D eigenvalue weighted by molar-refractivity contribution is 9.10. The highest BCUT2D eigenvalue weighted by Crippen LogP contribution is 2.34. The summed E-state index contributed by atoms with van der Waals surface area (Å²) in [6, 6.07) is 12.8. The molecule has 0 heterocycles. The van der Waals surface area contributed by atoms with Crippen LogP contribution in [0, 0.1) is 11.3 Å². The fraction of sp³-hybridized carbons (Fsp3) is 0.133. The van der Waals surface area contributed by atoms with Gasteiger partial charge < -0.3 is 9.47 Å². The molecule has 0 saturated carbocycles. The second kappa shape index (κ2) is 6.65. The van der Waals surface area contributed by atoms with E-state index in [1.165, 1.54) is 0 Å². The molecular formula is C15H11BrClNO2. The molecule has 0 aliphatic carbocycles. The molecule has 0 aromatic heterocycles. The Balaban J connectivity index is 2.33. The van der Waals surface area contributed by atoms with Crippen LogP contribution in [0.25, 0.3) is 0 Å². The first-order chi connectivity index (χ1) is 9.67. The average molecular weight is 353 g/mol. The Labute approximate surface area is 130 Å². The Morgan fingerprint density at radius 2 is 1.95 bits per heavy atom. The van der Waals surface area contributed by atoms with E-state index in [0.717, 1.165) is 15.8 Å². The number of rotatable bonds is 4. The van der Waals surface area contributed by atoms with Gasteiger partial charge >= 0.3 is 0 Å². The molecule has 5 heteroatoms. The van der Waals surface area contributed by atoms with Crippen molar-refractivity contribution in [1.29, 1.82) is 5.26 Å². The summed E-state index contributed by atoms with van der Waals surface area (Å²) in [6.45, 7) is 0. The van der Waals surface area contributed by atoms with Gasteiger partial charge in [0.2, 0.25) is 0 Å². The highest BCUT2D eigenvalue weighted by Gasteiger charge is 2.09. The van der Waals surface area contributed by atoms with Gasteiger partial charge in [-0.1, -0.05) is 6.07 Å². The first kappa shape index (κ1) is 14.7. The molecule has 2 aromatic carbocycles. The van der Waals surface area contributed by atoms with Gasteiger partial charge in [0.25, 0.3) is 0 Å². The molecule has 0 saturated heterocycles. The minimum Gasteiger partial charge on any atom is -0.497 e. The van der Waals surface area contributed by atoms with Crippen LogP contribution in [0.15, 0.2) is 40.9 Å². The third-order valence-corrected chi connectivity index (χ3v) is 3.61. The summed E-state index contributed by atoms with van der Waals surface area (Å²) < 4.78 is 11.6. The Morgan fingerprint density at radius 1 is 1.20 bits per heavy atom. The molecule has 0 unspecified atom stereocenters. The first-order valence-electron chi connectivity index (χ1n) is 5.78. The maximum atomic E-state index is 9.16. The third-order valence-electron chi connectivity index (χ3n) is 2.68. The zero-order chi connectivity index (χ0) is 14.5. The lowest BCUT2D eigenvalue weighted by atomic mass is 10.1. The van der Waals surface area contributed by atoms with Gasteiger partial charge in [-0.2, -0.15) is 5.26 Å². The maximum absolute atomic E-state index is 9.16. The summed E-state index contributed by atoms with van der Waals surface area (Å²) in [6.07, 6.45) is 0.